The second-order valence-electron chi connectivity index (χ2n) is 5.22. The molecule has 8 nitrogen and oxygen atoms in total. The van der Waals surface area contributed by atoms with Gasteiger partial charge >= 0.3 is 18.0 Å². The molecule has 8 heteroatoms. The van der Waals surface area contributed by atoms with Crippen molar-refractivity contribution in [3.05, 3.63) is 0 Å². The Morgan fingerprint density at radius 2 is 1.58 bits per heavy atom. The van der Waals surface area contributed by atoms with Crippen molar-refractivity contribution in [2.24, 2.45) is 0 Å². The molecule has 19 heavy (non-hydrogen) atoms. The van der Waals surface area contributed by atoms with Crippen molar-refractivity contribution in [3.8, 4) is 0 Å². The Balaban J connectivity index is 4.61. The van der Waals surface area contributed by atoms with Gasteiger partial charge in [-0.3, -0.25) is 0 Å². The van der Waals surface area contributed by atoms with Crippen molar-refractivity contribution in [1.82, 2.24) is 5.32 Å². The highest BCUT2D eigenvalue weighted by Crippen LogP contribution is 2.15. The van der Waals surface area contributed by atoms with E-state index in [2.05, 4.69) is 5.32 Å². The third kappa shape index (κ3) is 5.56. The van der Waals surface area contributed by atoms with Crippen LogP contribution in [0.2, 0.25) is 0 Å². The van der Waals surface area contributed by atoms with Crippen molar-refractivity contribution < 1.29 is 34.4 Å². The first-order chi connectivity index (χ1) is 8.38. The number of carbonyl (C=O) groups is 3. The van der Waals surface area contributed by atoms with Crippen LogP contribution in [0.5, 0.6) is 0 Å². The molecular weight excluding hydrogens is 258 g/mol. The van der Waals surface area contributed by atoms with E-state index in [4.69, 9.17) is 14.9 Å². The van der Waals surface area contributed by atoms with Crippen LogP contribution in [-0.4, -0.2) is 50.6 Å². The summed E-state index contributed by atoms with van der Waals surface area (Å²) in [5, 5.41) is 29.1. The molecule has 1 unspecified atom stereocenters. The van der Waals surface area contributed by atoms with Gasteiger partial charge in [0, 0.05) is 12.5 Å². The molecule has 0 aromatic rings. The Morgan fingerprint density at radius 1 is 1.16 bits per heavy atom. The molecular formula is C11H19NO7. The zero-order valence-corrected chi connectivity index (χ0v) is 11.3. The predicted octanol–water partition coefficient (Wildman–Crippen LogP) is 0.190. The molecule has 0 rings (SSSR count). The van der Waals surface area contributed by atoms with E-state index >= 15 is 0 Å². The molecule has 0 aliphatic carbocycles. The van der Waals surface area contributed by atoms with Gasteiger partial charge in [-0.15, -0.1) is 0 Å². The molecule has 0 spiro atoms. The van der Waals surface area contributed by atoms with Gasteiger partial charge in [0.2, 0.25) is 0 Å². The Hall–Kier alpha value is -1.83. The monoisotopic (exact) mass is 277 g/mol. The number of carboxylic acid groups (broad SMARTS) is 2. The first kappa shape index (κ1) is 17.2. The third-order valence-corrected chi connectivity index (χ3v) is 2.07. The van der Waals surface area contributed by atoms with Crippen molar-refractivity contribution in [2.45, 2.75) is 51.4 Å². The molecule has 0 aliphatic heterocycles. The summed E-state index contributed by atoms with van der Waals surface area (Å²) in [5.74, 6) is -3.78. The molecule has 1 atom stereocenters. The number of carboxylic acids is 2. The highest BCUT2D eigenvalue weighted by atomic mass is 16.6. The van der Waals surface area contributed by atoms with E-state index in [-0.39, 0.29) is 0 Å². The van der Waals surface area contributed by atoms with Crippen LogP contribution in [0.1, 0.15) is 34.1 Å². The summed E-state index contributed by atoms with van der Waals surface area (Å²) >= 11 is 0. The average molecular weight is 277 g/mol. The predicted molar refractivity (Wildman–Crippen MR) is 63.7 cm³/mol. The maximum atomic E-state index is 11.4. The van der Waals surface area contributed by atoms with Gasteiger partial charge in [0.1, 0.15) is 5.60 Å². The fraction of sp³-hybridized carbons (Fsp3) is 0.727. The second-order valence-corrected chi connectivity index (χ2v) is 5.22. The molecule has 0 bridgehead atoms. The second kappa shape index (κ2) is 5.87. The number of hydrogen-bond donors (Lipinski definition) is 4. The molecule has 0 heterocycles. The SMILES string of the molecule is CC(CC(O)(C(=O)O)C(=O)O)NC(=O)OC(C)(C)C. The number of rotatable bonds is 5. The van der Waals surface area contributed by atoms with Gasteiger partial charge < -0.3 is 25.4 Å². The zero-order valence-electron chi connectivity index (χ0n) is 11.3. The number of carbonyl (C=O) groups excluding carboxylic acids is 1. The number of alkyl carbamates (subject to hydrolysis) is 1. The average Bonchev–Trinajstić information content (AvgIpc) is 2.12. The smallest absolute Gasteiger partial charge is 0.407 e. The number of ether oxygens (including phenoxy) is 1. The van der Waals surface area contributed by atoms with Gasteiger partial charge in [0.15, 0.2) is 0 Å². The van der Waals surface area contributed by atoms with Crippen LogP contribution >= 0.6 is 0 Å². The highest BCUT2D eigenvalue weighted by Gasteiger charge is 2.46. The summed E-state index contributed by atoms with van der Waals surface area (Å²) < 4.78 is 4.92. The topological polar surface area (TPSA) is 133 Å². The van der Waals surface area contributed by atoms with Crippen molar-refractivity contribution in [1.29, 1.82) is 0 Å². The van der Waals surface area contributed by atoms with Crippen LogP contribution in [0, 0.1) is 0 Å². The van der Waals surface area contributed by atoms with E-state index in [9.17, 15) is 19.5 Å². The van der Waals surface area contributed by atoms with Crippen LogP contribution in [0.25, 0.3) is 0 Å². The van der Waals surface area contributed by atoms with Crippen LogP contribution in [0.3, 0.4) is 0 Å². The van der Waals surface area contributed by atoms with Gasteiger partial charge in [-0.05, 0) is 27.7 Å². The minimum Gasteiger partial charge on any atom is -0.479 e. The number of hydrogen-bond acceptors (Lipinski definition) is 5. The lowest BCUT2D eigenvalue weighted by Crippen LogP contribution is -2.51. The Bertz CT molecular complexity index is 358. The molecule has 4 N–H and O–H groups in total. The lowest BCUT2D eigenvalue weighted by atomic mass is 9.96. The first-order valence-electron chi connectivity index (χ1n) is 5.57. The Morgan fingerprint density at radius 3 is 1.89 bits per heavy atom. The molecule has 0 aliphatic rings. The van der Waals surface area contributed by atoms with E-state index in [0.717, 1.165) is 0 Å². The van der Waals surface area contributed by atoms with E-state index in [1.165, 1.54) is 6.92 Å². The van der Waals surface area contributed by atoms with Crippen LogP contribution < -0.4 is 5.32 Å². The van der Waals surface area contributed by atoms with Crippen LogP contribution in [0.15, 0.2) is 0 Å². The van der Waals surface area contributed by atoms with E-state index in [1.54, 1.807) is 20.8 Å². The van der Waals surface area contributed by atoms with E-state index in [0.29, 0.717) is 0 Å². The first-order valence-corrected chi connectivity index (χ1v) is 5.57. The summed E-state index contributed by atoms with van der Waals surface area (Å²) in [6.07, 6.45) is -1.50. The third-order valence-electron chi connectivity index (χ3n) is 2.07. The van der Waals surface area contributed by atoms with Gasteiger partial charge in [-0.1, -0.05) is 0 Å². The Kier molecular flexibility index (Phi) is 5.31. The Labute approximate surface area is 110 Å². The molecule has 0 aromatic carbocycles. The number of aliphatic hydroxyl groups is 1. The summed E-state index contributed by atoms with van der Waals surface area (Å²) in [5.41, 5.74) is -3.69. The van der Waals surface area contributed by atoms with Crippen molar-refractivity contribution in [3.63, 3.8) is 0 Å². The largest absolute Gasteiger partial charge is 0.479 e. The van der Waals surface area contributed by atoms with E-state index < -0.39 is 41.7 Å². The summed E-state index contributed by atoms with van der Waals surface area (Å²) in [7, 11) is 0. The van der Waals surface area contributed by atoms with Gasteiger partial charge in [-0.2, -0.15) is 0 Å². The van der Waals surface area contributed by atoms with Gasteiger partial charge in [-0.25, -0.2) is 14.4 Å². The quantitative estimate of drug-likeness (QED) is 0.527. The lowest BCUT2D eigenvalue weighted by molar-refractivity contribution is -0.177. The minimum atomic E-state index is -2.95. The number of amides is 1. The van der Waals surface area contributed by atoms with E-state index in [1.807, 2.05) is 0 Å². The minimum absolute atomic E-state index is 0.684. The lowest BCUT2D eigenvalue weighted by Gasteiger charge is -2.25. The fourth-order valence-corrected chi connectivity index (χ4v) is 1.27. The van der Waals surface area contributed by atoms with Crippen LogP contribution in [0.4, 0.5) is 4.79 Å². The van der Waals surface area contributed by atoms with Crippen LogP contribution in [-0.2, 0) is 14.3 Å². The maximum Gasteiger partial charge on any atom is 0.407 e. The highest BCUT2D eigenvalue weighted by molar-refractivity contribution is 6.01. The fourth-order valence-electron chi connectivity index (χ4n) is 1.27. The molecule has 0 aromatic heterocycles. The summed E-state index contributed by atoms with van der Waals surface area (Å²) in [6.45, 7) is 6.28. The van der Waals surface area contributed by atoms with Gasteiger partial charge in [0.25, 0.3) is 5.60 Å². The van der Waals surface area contributed by atoms with Gasteiger partial charge in [0.05, 0.1) is 0 Å². The number of nitrogens with one attached hydrogen (secondary N) is 1. The molecule has 0 saturated carbocycles. The standard InChI is InChI=1S/C11H19NO7/c1-6(12-9(17)19-10(2,3)4)5-11(18,7(13)14)8(15)16/h6,18H,5H2,1-4H3,(H,12,17)(H,13,14)(H,15,16). The molecule has 0 radical (unpaired) electrons. The number of aliphatic carboxylic acids is 2. The molecule has 0 fully saturated rings. The molecule has 0 saturated heterocycles. The maximum absolute atomic E-state index is 11.4. The normalized spacial score (nSPS) is 13.5. The molecule has 110 valence electrons. The zero-order chi connectivity index (χ0) is 15.4. The summed E-state index contributed by atoms with van der Waals surface area (Å²) in [4.78, 5) is 32.9. The van der Waals surface area contributed by atoms with Crippen molar-refractivity contribution in [2.75, 3.05) is 0 Å². The molecule has 1 amide bonds. The summed E-state index contributed by atoms with van der Waals surface area (Å²) in [6, 6.07) is -0.896. The van der Waals surface area contributed by atoms with Crippen molar-refractivity contribution >= 4 is 18.0 Å².